The van der Waals surface area contributed by atoms with Gasteiger partial charge in [0.25, 0.3) is 0 Å². The van der Waals surface area contributed by atoms with E-state index in [0.29, 0.717) is 5.56 Å². The van der Waals surface area contributed by atoms with E-state index >= 15 is 0 Å². The number of rotatable bonds is 3. The molecule has 0 aliphatic heterocycles. The average molecular weight is 258 g/mol. The lowest BCUT2D eigenvalue weighted by Gasteiger charge is -2.26. The second kappa shape index (κ2) is 4.48. The van der Waals surface area contributed by atoms with Crippen LogP contribution < -0.4 is 0 Å². The van der Waals surface area contributed by atoms with Crippen LogP contribution in [0.3, 0.4) is 0 Å². The number of aliphatic carboxylic acids is 1. The molecular weight excluding hydrogens is 240 g/mol. The van der Waals surface area contributed by atoms with Crippen molar-refractivity contribution in [2.45, 2.75) is 26.2 Å². The van der Waals surface area contributed by atoms with Crippen molar-refractivity contribution in [3.8, 4) is 0 Å². The highest BCUT2D eigenvalue weighted by Gasteiger charge is 2.53. The van der Waals surface area contributed by atoms with Crippen molar-refractivity contribution in [1.82, 2.24) is 0 Å². The third kappa shape index (κ3) is 1.97. The summed E-state index contributed by atoms with van der Waals surface area (Å²) in [5.41, 5.74) is 1.77. The molecular formula is C16H18O3. The second-order valence-corrected chi connectivity index (χ2v) is 5.95. The van der Waals surface area contributed by atoms with Crippen molar-refractivity contribution in [3.05, 3.63) is 35.4 Å². The first-order valence-electron chi connectivity index (χ1n) is 6.91. The summed E-state index contributed by atoms with van der Waals surface area (Å²) in [5, 5.41) is 9.39. The molecule has 2 fully saturated rings. The lowest BCUT2D eigenvalue weighted by atomic mass is 9.75. The van der Waals surface area contributed by atoms with Crippen molar-refractivity contribution in [1.29, 1.82) is 0 Å². The molecule has 4 atom stereocenters. The number of benzene rings is 1. The molecule has 0 unspecified atom stereocenters. The van der Waals surface area contributed by atoms with Gasteiger partial charge in [-0.25, -0.2) is 0 Å². The molecule has 3 rings (SSSR count). The Morgan fingerprint density at radius 1 is 1.05 bits per heavy atom. The maximum Gasteiger partial charge on any atom is 0.307 e. The van der Waals surface area contributed by atoms with Gasteiger partial charge in [-0.05, 0) is 38.0 Å². The molecule has 19 heavy (non-hydrogen) atoms. The van der Waals surface area contributed by atoms with Crippen LogP contribution >= 0.6 is 0 Å². The molecule has 0 heterocycles. The summed E-state index contributed by atoms with van der Waals surface area (Å²) in [6.45, 7) is 1.98. The van der Waals surface area contributed by atoms with E-state index in [0.717, 1.165) is 24.8 Å². The normalized spacial score (nSPS) is 32.5. The number of carboxylic acid groups (broad SMARTS) is 1. The van der Waals surface area contributed by atoms with Gasteiger partial charge in [0.15, 0.2) is 5.78 Å². The molecule has 2 aliphatic rings. The van der Waals surface area contributed by atoms with Gasteiger partial charge in [-0.15, -0.1) is 0 Å². The summed E-state index contributed by atoms with van der Waals surface area (Å²) in [5.74, 6) is -1.05. The predicted molar refractivity (Wildman–Crippen MR) is 71.0 cm³/mol. The van der Waals surface area contributed by atoms with Crippen LogP contribution in [-0.4, -0.2) is 16.9 Å². The third-order valence-corrected chi connectivity index (χ3v) is 4.84. The second-order valence-electron chi connectivity index (χ2n) is 5.95. The van der Waals surface area contributed by atoms with Crippen LogP contribution in [0.1, 0.15) is 35.2 Å². The van der Waals surface area contributed by atoms with Gasteiger partial charge in [0, 0.05) is 11.5 Å². The van der Waals surface area contributed by atoms with Gasteiger partial charge in [-0.2, -0.15) is 0 Å². The molecule has 0 spiro atoms. The third-order valence-electron chi connectivity index (χ3n) is 4.84. The molecule has 1 aromatic carbocycles. The molecule has 3 heteroatoms. The van der Waals surface area contributed by atoms with Crippen LogP contribution in [0.5, 0.6) is 0 Å². The molecule has 0 radical (unpaired) electrons. The lowest BCUT2D eigenvalue weighted by molar-refractivity contribution is -0.144. The van der Waals surface area contributed by atoms with E-state index in [4.69, 9.17) is 0 Å². The summed E-state index contributed by atoms with van der Waals surface area (Å²) in [4.78, 5) is 24.0. The van der Waals surface area contributed by atoms with Crippen LogP contribution in [0.25, 0.3) is 0 Å². The number of ketones is 1. The molecule has 2 aliphatic carbocycles. The maximum atomic E-state index is 12.6. The van der Waals surface area contributed by atoms with Crippen molar-refractivity contribution in [2.75, 3.05) is 0 Å². The van der Waals surface area contributed by atoms with E-state index in [9.17, 15) is 14.7 Å². The van der Waals surface area contributed by atoms with E-state index < -0.39 is 11.9 Å². The van der Waals surface area contributed by atoms with Gasteiger partial charge >= 0.3 is 5.97 Å². The number of carbonyl (C=O) groups excluding carboxylic acids is 1. The summed E-state index contributed by atoms with van der Waals surface area (Å²) < 4.78 is 0. The van der Waals surface area contributed by atoms with Gasteiger partial charge in [-0.3, -0.25) is 9.59 Å². The van der Waals surface area contributed by atoms with E-state index in [2.05, 4.69) is 0 Å². The molecule has 1 aromatic rings. The minimum absolute atomic E-state index is 0.0274. The first-order chi connectivity index (χ1) is 9.08. The molecule has 0 amide bonds. The van der Waals surface area contributed by atoms with Crippen molar-refractivity contribution in [3.63, 3.8) is 0 Å². The number of hydrogen-bond donors (Lipinski definition) is 1. The molecule has 2 saturated carbocycles. The Labute approximate surface area is 112 Å². The fourth-order valence-electron chi connectivity index (χ4n) is 3.93. The highest BCUT2D eigenvalue weighted by atomic mass is 16.4. The zero-order valence-corrected chi connectivity index (χ0v) is 11.0. The molecule has 0 saturated heterocycles. The van der Waals surface area contributed by atoms with E-state index in [-0.39, 0.29) is 23.5 Å². The van der Waals surface area contributed by atoms with Crippen LogP contribution in [-0.2, 0) is 4.79 Å². The van der Waals surface area contributed by atoms with Crippen LogP contribution in [0.15, 0.2) is 24.3 Å². The number of carbonyl (C=O) groups is 2. The highest BCUT2D eigenvalue weighted by molar-refractivity contribution is 6.00. The van der Waals surface area contributed by atoms with Gasteiger partial charge < -0.3 is 5.11 Å². The van der Waals surface area contributed by atoms with Crippen molar-refractivity contribution >= 4 is 11.8 Å². The molecule has 0 aromatic heterocycles. The zero-order valence-electron chi connectivity index (χ0n) is 11.0. The van der Waals surface area contributed by atoms with Gasteiger partial charge in [0.05, 0.1) is 5.92 Å². The Hall–Kier alpha value is -1.64. The monoisotopic (exact) mass is 258 g/mol. The van der Waals surface area contributed by atoms with Gasteiger partial charge in [0.2, 0.25) is 0 Å². The summed E-state index contributed by atoms with van der Waals surface area (Å²) >= 11 is 0. The zero-order chi connectivity index (χ0) is 13.6. The first kappa shape index (κ1) is 12.4. The topological polar surface area (TPSA) is 54.4 Å². The number of aryl methyl sites for hydroxylation is 1. The van der Waals surface area contributed by atoms with E-state index in [1.165, 1.54) is 0 Å². The molecule has 3 nitrogen and oxygen atoms in total. The van der Waals surface area contributed by atoms with E-state index in [1.54, 1.807) is 0 Å². The summed E-state index contributed by atoms with van der Waals surface area (Å²) in [6, 6.07) is 7.47. The van der Waals surface area contributed by atoms with Crippen molar-refractivity contribution < 1.29 is 14.7 Å². The number of carboxylic acids is 1. The standard InChI is InChI=1S/C16H18O3/c1-9-2-4-10(5-3-9)15(17)13-11-6-7-12(8-11)14(13)16(18)19/h2-5,11-14H,6-8H2,1H3,(H,18,19)/t11-,12+,13+,14+/m0/s1. The Morgan fingerprint density at radius 3 is 2.21 bits per heavy atom. The van der Waals surface area contributed by atoms with Crippen LogP contribution in [0.2, 0.25) is 0 Å². The van der Waals surface area contributed by atoms with Crippen LogP contribution in [0.4, 0.5) is 0 Å². The predicted octanol–water partition coefficient (Wildman–Crippen LogP) is 2.92. The Kier molecular flexibility index (Phi) is 2.92. The van der Waals surface area contributed by atoms with E-state index in [1.807, 2.05) is 31.2 Å². The Morgan fingerprint density at radius 2 is 1.63 bits per heavy atom. The SMILES string of the molecule is Cc1ccc(C(=O)[C@@H]2[C@H]3CC[C@H](C3)[C@H]2C(=O)O)cc1. The minimum Gasteiger partial charge on any atom is -0.481 e. The molecule has 100 valence electrons. The largest absolute Gasteiger partial charge is 0.481 e. The molecule has 2 bridgehead atoms. The number of Topliss-reactive ketones (excluding diaryl/α,β-unsaturated/α-hetero) is 1. The quantitative estimate of drug-likeness (QED) is 0.848. The average Bonchev–Trinajstić information content (AvgIpc) is 2.98. The number of fused-ring (bicyclic) bond motifs is 2. The Bertz CT molecular complexity index is 517. The highest BCUT2D eigenvalue weighted by Crippen LogP contribution is 2.53. The fraction of sp³-hybridized carbons (Fsp3) is 0.500. The first-order valence-corrected chi connectivity index (χ1v) is 6.91. The summed E-state index contributed by atoms with van der Waals surface area (Å²) in [6.07, 6.45) is 2.90. The van der Waals surface area contributed by atoms with Gasteiger partial charge in [-0.1, -0.05) is 29.8 Å². The summed E-state index contributed by atoms with van der Waals surface area (Å²) in [7, 11) is 0. The smallest absolute Gasteiger partial charge is 0.307 e. The minimum atomic E-state index is -0.794. The lowest BCUT2D eigenvalue weighted by Crippen LogP contribution is -2.34. The molecule has 1 N–H and O–H groups in total. The maximum absolute atomic E-state index is 12.6. The number of hydrogen-bond acceptors (Lipinski definition) is 2. The van der Waals surface area contributed by atoms with Crippen molar-refractivity contribution in [2.24, 2.45) is 23.7 Å². The van der Waals surface area contributed by atoms with Gasteiger partial charge in [0.1, 0.15) is 0 Å². The fourth-order valence-corrected chi connectivity index (χ4v) is 3.93. The Balaban J connectivity index is 1.90. The van der Waals surface area contributed by atoms with Crippen LogP contribution in [0, 0.1) is 30.6 Å².